The highest BCUT2D eigenvalue weighted by molar-refractivity contribution is 8.84. The maximum absolute atomic E-state index is 9.25. The van der Waals surface area contributed by atoms with Crippen molar-refractivity contribution < 1.29 is 10.2 Å². The zero-order valence-electron chi connectivity index (χ0n) is 14.2. The first-order valence-corrected chi connectivity index (χ1v) is 11.1. The van der Waals surface area contributed by atoms with Crippen LogP contribution in [0.1, 0.15) is 43.7 Å². The van der Waals surface area contributed by atoms with Crippen LogP contribution in [0.25, 0.3) is 5.70 Å². The van der Waals surface area contributed by atoms with Crippen LogP contribution in [-0.4, -0.2) is 34.3 Å². The van der Waals surface area contributed by atoms with E-state index in [0.717, 1.165) is 18.4 Å². The predicted octanol–water partition coefficient (Wildman–Crippen LogP) is 3.03. The van der Waals surface area contributed by atoms with Crippen molar-refractivity contribution in [2.45, 2.75) is 44.6 Å². The van der Waals surface area contributed by atoms with Crippen LogP contribution in [0.2, 0.25) is 0 Å². The van der Waals surface area contributed by atoms with Gasteiger partial charge in [0, 0.05) is 5.41 Å². The fourth-order valence-corrected chi connectivity index (χ4v) is 5.30. The molecule has 1 aliphatic rings. The molecule has 6 heteroatoms. The zero-order valence-corrected chi connectivity index (χ0v) is 15.8. The smallest absolute Gasteiger partial charge is 0.0633 e. The average Bonchev–Trinajstić information content (AvgIpc) is 3.09. The molecule has 1 atom stereocenters. The number of hydrogen-bond donors (Lipinski definition) is 4. The Kier molecular flexibility index (Phi) is 7.84. The molecule has 0 saturated carbocycles. The molecule has 1 unspecified atom stereocenters. The minimum absolute atomic E-state index is 0.0946. The molecule has 4 nitrogen and oxygen atoms in total. The molecule has 0 amide bonds. The molecule has 5 N–H and O–H groups in total. The molecule has 0 spiro atoms. The Hall–Kier alpha value is -0.790. The van der Waals surface area contributed by atoms with Gasteiger partial charge in [-0.25, -0.2) is 0 Å². The van der Waals surface area contributed by atoms with Crippen LogP contribution in [-0.2, 0) is 6.42 Å². The highest BCUT2D eigenvalue weighted by Gasteiger charge is 2.22. The first-order chi connectivity index (χ1) is 11.6. The summed E-state index contributed by atoms with van der Waals surface area (Å²) in [6.07, 6.45) is 4.95. The molecule has 2 rings (SSSR count). The highest BCUT2D eigenvalue weighted by atomic mass is 33.1. The van der Waals surface area contributed by atoms with E-state index >= 15 is 0 Å². The Morgan fingerprint density at radius 2 is 1.96 bits per heavy atom. The molecule has 0 saturated heterocycles. The number of rotatable bonds is 9. The Morgan fingerprint density at radius 3 is 2.58 bits per heavy atom. The van der Waals surface area contributed by atoms with Crippen LogP contribution in [0, 0.1) is 0 Å². The molecule has 1 aromatic rings. The Bertz CT molecular complexity index is 581. The third-order valence-electron chi connectivity index (χ3n) is 4.11. The Morgan fingerprint density at radius 1 is 1.25 bits per heavy atom. The first kappa shape index (κ1) is 19.5. The summed E-state index contributed by atoms with van der Waals surface area (Å²) < 4.78 is 3.57. The maximum Gasteiger partial charge on any atom is 0.0633 e. The van der Waals surface area contributed by atoms with E-state index in [0.29, 0.717) is 6.42 Å². The largest absolute Gasteiger partial charge is 0.394 e. The molecule has 1 heterocycles. The van der Waals surface area contributed by atoms with Crippen LogP contribution in [0.5, 0.6) is 0 Å². The van der Waals surface area contributed by atoms with E-state index < -0.39 is 5.54 Å². The van der Waals surface area contributed by atoms with Crippen molar-refractivity contribution in [3.05, 3.63) is 40.8 Å². The number of aryl methyl sites for hydroxylation is 1. The summed E-state index contributed by atoms with van der Waals surface area (Å²) in [5.41, 5.74) is 8.55. The fourth-order valence-electron chi connectivity index (χ4n) is 2.31. The van der Waals surface area contributed by atoms with Gasteiger partial charge in [0.05, 0.1) is 24.4 Å². The van der Waals surface area contributed by atoms with Gasteiger partial charge in [-0.15, -0.1) is 0 Å². The summed E-state index contributed by atoms with van der Waals surface area (Å²) in [6.45, 7) is 1.81. The lowest BCUT2D eigenvalue weighted by molar-refractivity contribution is 0.115. The lowest BCUT2D eigenvalue weighted by atomic mass is 9.93. The van der Waals surface area contributed by atoms with E-state index in [-0.39, 0.29) is 22.9 Å². The topological polar surface area (TPSA) is 78.5 Å². The van der Waals surface area contributed by atoms with Crippen molar-refractivity contribution >= 4 is 31.6 Å². The van der Waals surface area contributed by atoms with Crippen LogP contribution < -0.4 is 10.5 Å². The number of aliphatic hydroxyl groups excluding tert-OH is 2. The van der Waals surface area contributed by atoms with Crippen LogP contribution in [0.4, 0.5) is 0 Å². The molecule has 0 aromatic heterocycles. The van der Waals surface area contributed by atoms with E-state index in [1.165, 1.54) is 24.1 Å². The minimum Gasteiger partial charge on any atom is -0.394 e. The lowest BCUT2D eigenvalue weighted by Gasteiger charge is -2.24. The van der Waals surface area contributed by atoms with Crippen LogP contribution in [0.3, 0.4) is 0 Å². The van der Waals surface area contributed by atoms with Gasteiger partial charge in [-0.05, 0) is 62.7 Å². The standard InChI is InChI=1S/C18H28N2O2S2/c1-2-3-4-11-24-20-17(12-23-24)16-7-5-15(6-8-16)9-10-18(19,13-21)14-22/h5-8,11-12,20-22H,2-4,9-10,13-14,19H2,1H3. The SMILES string of the molecule is CCCCC=S1NC(c2ccc(CCC(N)(CO)CO)cc2)=CS1. The molecule has 1 aromatic carbocycles. The van der Waals surface area contributed by atoms with E-state index in [4.69, 9.17) is 5.73 Å². The van der Waals surface area contributed by atoms with Gasteiger partial charge in [-0.1, -0.05) is 37.6 Å². The van der Waals surface area contributed by atoms with E-state index in [2.05, 4.69) is 46.7 Å². The zero-order chi connectivity index (χ0) is 17.4. The molecular formula is C18H28N2O2S2. The van der Waals surface area contributed by atoms with Gasteiger partial charge in [0.15, 0.2) is 0 Å². The number of nitrogens with two attached hydrogens (primary N) is 1. The van der Waals surface area contributed by atoms with Crippen LogP contribution in [0.15, 0.2) is 29.7 Å². The van der Waals surface area contributed by atoms with Gasteiger partial charge in [0.2, 0.25) is 0 Å². The average molecular weight is 369 g/mol. The minimum atomic E-state index is -0.895. The van der Waals surface area contributed by atoms with Gasteiger partial charge in [-0.2, -0.15) is 0 Å². The summed E-state index contributed by atoms with van der Waals surface area (Å²) in [6, 6.07) is 8.41. The number of unbranched alkanes of at least 4 members (excludes halogenated alkanes) is 2. The predicted molar refractivity (Wildman–Crippen MR) is 108 cm³/mol. The van der Waals surface area contributed by atoms with Crippen molar-refractivity contribution in [1.29, 1.82) is 0 Å². The number of aliphatic hydroxyl groups is 2. The second-order valence-corrected chi connectivity index (χ2v) is 9.43. The number of benzene rings is 1. The van der Waals surface area contributed by atoms with Crippen molar-refractivity contribution in [3.8, 4) is 0 Å². The number of hydrogen-bond acceptors (Lipinski definition) is 5. The third kappa shape index (κ3) is 5.63. The molecular weight excluding hydrogens is 340 g/mol. The summed E-state index contributed by atoms with van der Waals surface area (Å²) in [5, 5.41) is 23.1. The van der Waals surface area contributed by atoms with Gasteiger partial charge in [0.1, 0.15) is 0 Å². The normalized spacial score (nSPS) is 17.8. The van der Waals surface area contributed by atoms with E-state index in [1.807, 2.05) is 10.8 Å². The van der Waals surface area contributed by atoms with E-state index in [1.54, 1.807) is 0 Å². The Labute approximate surface area is 151 Å². The molecule has 0 fully saturated rings. The van der Waals surface area contributed by atoms with Crippen molar-refractivity contribution in [3.63, 3.8) is 0 Å². The molecule has 0 aliphatic carbocycles. The van der Waals surface area contributed by atoms with Crippen molar-refractivity contribution in [2.24, 2.45) is 5.73 Å². The summed E-state index contributed by atoms with van der Waals surface area (Å²) in [7, 11) is 1.94. The fraction of sp³-hybridized carbons (Fsp3) is 0.500. The third-order valence-corrected chi connectivity index (χ3v) is 7.18. The molecule has 1 aliphatic heterocycles. The molecule has 24 heavy (non-hydrogen) atoms. The maximum atomic E-state index is 9.25. The summed E-state index contributed by atoms with van der Waals surface area (Å²) in [5.74, 6) is 0. The Balaban J connectivity index is 1.90. The van der Waals surface area contributed by atoms with Gasteiger partial charge < -0.3 is 20.7 Å². The van der Waals surface area contributed by atoms with Crippen molar-refractivity contribution in [2.75, 3.05) is 13.2 Å². The van der Waals surface area contributed by atoms with Crippen LogP contribution >= 0.6 is 20.5 Å². The first-order valence-electron chi connectivity index (χ1n) is 8.40. The summed E-state index contributed by atoms with van der Waals surface area (Å²) >= 11 is 0. The summed E-state index contributed by atoms with van der Waals surface area (Å²) in [4.78, 5) is 0. The van der Waals surface area contributed by atoms with Gasteiger partial charge in [0.25, 0.3) is 0 Å². The second-order valence-electron chi connectivity index (χ2n) is 6.21. The molecule has 0 bridgehead atoms. The molecule has 134 valence electrons. The second kappa shape index (κ2) is 9.63. The molecule has 0 radical (unpaired) electrons. The quantitative estimate of drug-likeness (QED) is 0.306. The van der Waals surface area contributed by atoms with E-state index in [9.17, 15) is 10.2 Å². The number of nitrogens with one attached hydrogen (secondary N) is 1. The monoisotopic (exact) mass is 368 g/mol. The lowest BCUT2D eigenvalue weighted by Crippen LogP contribution is -2.47. The van der Waals surface area contributed by atoms with Crippen molar-refractivity contribution in [1.82, 2.24) is 4.72 Å². The highest BCUT2D eigenvalue weighted by Crippen LogP contribution is 2.39. The van der Waals surface area contributed by atoms with Gasteiger partial charge in [-0.3, -0.25) is 0 Å². The van der Waals surface area contributed by atoms with Gasteiger partial charge >= 0.3 is 0 Å².